The number of hydrogen-bond acceptors (Lipinski definition) is 6. The van der Waals surface area contributed by atoms with Gasteiger partial charge < -0.3 is 30.2 Å². The van der Waals surface area contributed by atoms with E-state index in [2.05, 4.69) is 16.0 Å². The van der Waals surface area contributed by atoms with E-state index in [1.807, 2.05) is 0 Å². The zero-order valence-corrected chi connectivity index (χ0v) is 18.9. The first-order valence-electron chi connectivity index (χ1n) is 10.0. The van der Waals surface area contributed by atoms with Crippen molar-refractivity contribution >= 4 is 29.3 Å². The van der Waals surface area contributed by atoms with Gasteiger partial charge in [-0.05, 0) is 58.0 Å². The Morgan fingerprint density at radius 1 is 0.938 bits per heavy atom. The average Bonchev–Trinajstić information content (AvgIpc) is 2.71. The lowest BCUT2D eigenvalue weighted by Gasteiger charge is -2.21. The lowest BCUT2D eigenvalue weighted by molar-refractivity contribution is -0.118. The van der Waals surface area contributed by atoms with Gasteiger partial charge in [0.1, 0.15) is 11.6 Å². The summed E-state index contributed by atoms with van der Waals surface area (Å²) in [6.45, 7) is 6.53. The van der Waals surface area contributed by atoms with E-state index in [1.165, 1.54) is 7.11 Å². The highest BCUT2D eigenvalue weighted by Gasteiger charge is 2.21. The van der Waals surface area contributed by atoms with Crippen LogP contribution in [0.1, 0.15) is 27.7 Å². The van der Waals surface area contributed by atoms with Crippen molar-refractivity contribution in [3.05, 3.63) is 48.5 Å². The van der Waals surface area contributed by atoms with E-state index < -0.39 is 23.6 Å². The smallest absolute Gasteiger partial charge is 0.408 e. The lowest BCUT2D eigenvalue weighted by atomic mass is 10.2. The number of ether oxygens (including phenoxy) is 3. The maximum Gasteiger partial charge on any atom is 0.408 e. The first-order valence-corrected chi connectivity index (χ1v) is 10.0. The molecule has 0 unspecified atom stereocenters. The van der Waals surface area contributed by atoms with Crippen molar-refractivity contribution in [2.45, 2.75) is 39.3 Å². The van der Waals surface area contributed by atoms with Crippen LogP contribution in [0, 0.1) is 0 Å². The number of methoxy groups -OCH3 is 1. The number of benzene rings is 2. The minimum atomic E-state index is -0.822. The minimum Gasteiger partial charge on any atom is -0.493 e. The van der Waals surface area contributed by atoms with E-state index in [-0.39, 0.29) is 12.5 Å². The third-order valence-corrected chi connectivity index (χ3v) is 3.97. The Kier molecular flexibility index (Phi) is 8.46. The molecule has 0 saturated heterocycles. The quantitative estimate of drug-likeness (QED) is 0.575. The van der Waals surface area contributed by atoms with Gasteiger partial charge in [-0.25, -0.2) is 4.79 Å². The Labute approximate surface area is 187 Å². The fourth-order valence-electron chi connectivity index (χ4n) is 2.55. The zero-order chi connectivity index (χ0) is 23.7. The highest BCUT2D eigenvalue weighted by Crippen LogP contribution is 2.25. The minimum absolute atomic E-state index is 0.214. The molecule has 0 saturated carbocycles. The van der Waals surface area contributed by atoms with Crippen molar-refractivity contribution in [2.75, 3.05) is 24.4 Å². The highest BCUT2D eigenvalue weighted by molar-refractivity contribution is 5.97. The molecule has 2 aromatic carbocycles. The molecule has 2 rings (SSSR count). The van der Waals surface area contributed by atoms with E-state index in [0.717, 1.165) is 0 Å². The summed E-state index contributed by atoms with van der Waals surface area (Å²) in [6, 6.07) is 12.8. The zero-order valence-electron chi connectivity index (χ0n) is 18.9. The SMILES string of the molecule is COc1ccccc1OCC(=O)Nc1cccc(NC(=O)[C@@H](C)NC(=O)OC(C)(C)C)c1. The molecular weight excluding hydrogens is 414 g/mol. The van der Waals surface area contributed by atoms with E-state index in [4.69, 9.17) is 14.2 Å². The maximum absolute atomic E-state index is 12.4. The van der Waals surface area contributed by atoms with Gasteiger partial charge in [0, 0.05) is 11.4 Å². The van der Waals surface area contributed by atoms with Crippen molar-refractivity contribution in [3.8, 4) is 11.5 Å². The monoisotopic (exact) mass is 443 g/mol. The van der Waals surface area contributed by atoms with Crippen LogP contribution < -0.4 is 25.4 Å². The largest absolute Gasteiger partial charge is 0.493 e. The van der Waals surface area contributed by atoms with Gasteiger partial charge in [-0.1, -0.05) is 18.2 Å². The second-order valence-electron chi connectivity index (χ2n) is 7.93. The fourth-order valence-corrected chi connectivity index (χ4v) is 2.55. The Morgan fingerprint density at radius 3 is 2.19 bits per heavy atom. The van der Waals surface area contributed by atoms with Crippen molar-refractivity contribution in [1.82, 2.24) is 5.32 Å². The molecule has 32 heavy (non-hydrogen) atoms. The third kappa shape index (κ3) is 8.17. The van der Waals surface area contributed by atoms with E-state index in [1.54, 1.807) is 76.2 Å². The summed E-state index contributed by atoms with van der Waals surface area (Å²) in [5.74, 6) is 0.176. The predicted molar refractivity (Wildman–Crippen MR) is 121 cm³/mol. The van der Waals surface area contributed by atoms with Gasteiger partial charge in [0.25, 0.3) is 5.91 Å². The summed E-state index contributed by atoms with van der Waals surface area (Å²) in [5.41, 5.74) is 0.266. The molecule has 0 heterocycles. The molecular formula is C23H29N3O6. The van der Waals surface area contributed by atoms with E-state index >= 15 is 0 Å². The molecule has 0 aliphatic heterocycles. The number of alkyl carbamates (subject to hydrolysis) is 1. The van der Waals surface area contributed by atoms with Gasteiger partial charge in [-0.2, -0.15) is 0 Å². The molecule has 3 N–H and O–H groups in total. The molecule has 0 aromatic heterocycles. The predicted octanol–water partition coefficient (Wildman–Crippen LogP) is 3.56. The lowest BCUT2D eigenvalue weighted by Crippen LogP contribution is -2.43. The number of carbonyl (C=O) groups is 3. The van der Waals surface area contributed by atoms with Gasteiger partial charge in [-0.15, -0.1) is 0 Å². The summed E-state index contributed by atoms with van der Waals surface area (Å²) in [6.07, 6.45) is -0.684. The number of para-hydroxylation sites is 2. The Bertz CT molecular complexity index is 955. The summed E-state index contributed by atoms with van der Waals surface area (Å²) in [7, 11) is 1.52. The molecule has 0 spiro atoms. The van der Waals surface area contributed by atoms with Crippen LogP contribution in [0.15, 0.2) is 48.5 Å². The Balaban J connectivity index is 1.89. The standard InChI is InChI=1S/C23H29N3O6/c1-15(24-22(29)32-23(2,3)4)21(28)26-17-10-8-9-16(13-17)25-20(27)14-31-19-12-7-6-11-18(19)30-5/h6-13,15H,14H2,1-5H3,(H,24,29)(H,25,27)(H,26,28)/t15-/m1/s1. The number of anilines is 2. The molecule has 1 atom stereocenters. The van der Waals surface area contributed by atoms with E-state index in [9.17, 15) is 14.4 Å². The van der Waals surface area contributed by atoms with Gasteiger partial charge in [0.2, 0.25) is 5.91 Å². The molecule has 2 aromatic rings. The van der Waals surface area contributed by atoms with Crippen molar-refractivity contribution in [1.29, 1.82) is 0 Å². The number of amides is 3. The van der Waals surface area contributed by atoms with Gasteiger partial charge in [-0.3, -0.25) is 9.59 Å². The summed E-state index contributed by atoms with van der Waals surface area (Å²) < 4.78 is 15.8. The maximum atomic E-state index is 12.4. The molecule has 172 valence electrons. The number of hydrogen-bond donors (Lipinski definition) is 3. The summed E-state index contributed by atoms with van der Waals surface area (Å²) in [4.78, 5) is 36.4. The van der Waals surface area contributed by atoms with Gasteiger partial charge in [0.15, 0.2) is 18.1 Å². The Morgan fingerprint density at radius 2 is 1.56 bits per heavy atom. The van der Waals surface area contributed by atoms with Crippen LogP contribution in [0.5, 0.6) is 11.5 Å². The van der Waals surface area contributed by atoms with Crippen LogP contribution >= 0.6 is 0 Å². The van der Waals surface area contributed by atoms with Crippen LogP contribution in [0.25, 0.3) is 0 Å². The van der Waals surface area contributed by atoms with Crippen LogP contribution in [0.4, 0.5) is 16.2 Å². The average molecular weight is 444 g/mol. The first-order chi connectivity index (χ1) is 15.1. The molecule has 9 nitrogen and oxygen atoms in total. The number of rotatable bonds is 8. The van der Waals surface area contributed by atoms with Crippen LogP contribution in [-0.2, 0) is 14.3 Å². The molecule has 0 aliphatic rings. The molecule has 0 fully saturated rings. The third-order valence-electron chi connectivity index (χ3n) is 3.97. The molecule has 9 heteroatoms. The number of carbonyl (C=O) groups excluding carboxylic acids is 3. The Hall–Kier alpha value is -3.75. The fraction of sp³-hybridized carbons (Fsp3) is 0.348. The first kappa shape index (κ1) is 24.5. The topological polar surface area (TPSA) is 115 Å². The van der Waals surface area contributed by atoms with Crippen molar-refractivity contribution in [2.24, 2.45) is 0 Å². The molecule has 0 radical (unpaired) electrons. The summed E-state index contributed by atoms with van der Waals surface area (Å²) >= 11 is 0. The van der Waals surface area contributed by atoms with Crippen molar-refractivity contribution in [3.63, 3.8) is 0 Å². The second-order valence-corrected chi connectivity index (χ2v) is 7.93. The summed E-state index contributed by atoms with van der Waals surface area (Å²) in [5, 5.41) is 7.87. The van der Waals surface area contributed by atoms with Crippen LogP contribution in [0.2, 0.25) is 0 Å². The van der Waals surface area contributed by atoms with Crippen LogP contribution in [-0.4, -0.2) is 43.3 Å². The normalized spacial score (nSPS) is 11.7. The van der Waals surface area contributed by atoms with E-state index in [0.29, 0.717) is 22.9 Å². The van der Waals surface area contributed by atoms with Crippen molar-refractivity contribution < 1.29 is 28.6 Å². The number of nitrogens with one attached hydrogen (secondary N) is 3. The van der Waals surface area contributed by atoms with Gasteiger partial charge >= 0.3 is 6.09 Å². The highest BCUT2D eigenvalue weighted by atomic mass is 16.6. The molecule has 3 amide bonds. The van der Waals surface area contributed by atoms with Gasteiger partial charge in [0.05, 0.1) is 7.11 Å². The van der Waals surface area contributed by atoms with Crippen LogP contribution in [0.3, 0.4) is 0 Å². The molecule has 0 aliphatic carbocycles. The molecule has 0 bridgehead atoms. The second kappa shape index (κ2) is 11.0.